The van der Waals surface area contributed by atoms with Crippen LogP contribution >= 0.6 is 0 Å². The highest BCUT2D eigenvalue weighted by Crippen LogP contribution is 2.40. The van der Waals surface area contributed by atoms with Crippen LogP contribution in [0.2, 0.25) is 0 Å². The van der Waals surface area contributed by atoms with Crippen molar-refractivity contribution >= 4 is 26.9 Å². The number of hydrogen-bond donors (Lipinski definition) is 0. The second kappa shape index (κ2) is 7.64. The van der Waals surface area contributed by atoms with Crippen LogP contribution in [0.3, 0.4) is 0 Å². The number of piperidine rings is 1. The zero-order chi connectivity index (χ0) is 22.5. The molecule has 0 N–H and O–H groups in total. The molecule has 0 aliphatic carbocycles. The van der Waals surface area contributed by atoms with Crippen molar-refractivity contribution in [2.45, 2.75) is 23.3 Å². The van der Waals surface area contributed by atoms with Gasteiger partial charge in [-0.2, -0.15) is 4.31 Å². The summed E-state index contributed by atoms with van der Waals surface area (Å²) in [5.41, 5.74) is -1.34. The Labute approximate surface area is 181 Å². The van der Waals surface area contributed by atoms with Crippen LogP contribution in [-0.4, -0.2) is 65.8 Å². The summed E-state index contributed by atoms with van der Waals surface area (Å²) in [6, 6.07) is 6.37. The molecule has 1 aromatic carbocycles. The number of hydrogen-bond acceptors (Lipinski definition) is 7. The van der Waals surface area contributed by atoms with Gasteiger partial charge in [-0.3, -0.25) is 4.98 Å². The number of aromatic nitrogens is 3. The molecule has 0 amide bonds. The lowest BCUT2D eigenvalue weighted by molar-refractivity contribution is -0.116. The fourth-order valence-corrected chi connectivity index (χ4v) is 5.83. The van der Waals surface area contributed by atoms with Crippen LogP contribution in [0.15, 0.2) is 47.8 Å². The van der Waals surface area contributed by atoms with Crippen LogP contribution in [0.5, 0.6) is 0 Å². The van der Waals surface area contributed by atoms with Gasteiger partial charge in [-0.05, 0) is 12.1 Å². The van der Waals surface area contributed by atoms with Crippen LogP contribution in [0.1, 0.15) is 6.42 Å². The minimum absolute atomic E-state index is 0.0138. The van der Waals surface area contributed by atoms with Crippen LogP contribution in [0.4, 0.5) is 19.0 Å². The Hall–Kier alpha value is -2.83. The third-order valence-electron chi connectivity index (χ3n) is 5.77. The molecule has 2 aromatic heterocycles. The highest BCUT2D eigenvalue weighted by atomic mass is 32.2. The number of benzene rings is 1. The highest BCUT2D eigenvalue weighted by molar-refractivity contribution is 7.89. The van der Waals surface area contributed by atoms with Gasteiger partial charge in [0.25, 0.3) is 10.0 Å². The van der Waals surface area contributed by atoms with Crippen molar-refractivity contribution in [2.24, 2.45) is 0 Å². The van der Waals surface area contributed by atoms with Crippen molar-refractivity contribution in [2.75, 3.05) is 31.1 Å². The van der Waals surface area contributed by atoms with E-state index in [2.05, 4.69) is 15.0 Å². The minimum atomic E-state index is -4.07. The molecule has 2 unspecified atom stereocenters. The average molecular weight is 465 g/mol. The maximum atomic E-state index is 15.6. The van der Waals surface area contributed by atoms with Crippen molar-refractivity contribution < 1.29 is 26.3 Å². The summed E-state index contributed by atoms with van der Waals surface area (Å²) in [7, 11) is -4.07. The van der Waals surface area contributed by atoms with Gasteiger partial charge in [0.1, 0.15) is 5.82 Å². The van der Waals surface area contributed by atoms with Crippen LogP contribution < -0.4 is 4.90 Å². The van der Waals surface area contributed by atoms with Gasteiger partial charge in [-0.25, -0.2) is 31.6 Å². The first-order valence-electron chi connectivity index (χ1n) is 9.90. The molecule has 2 fully saturated rings. The molecule has 12 heteroatoms. The number of rotatable bonds is 3. The molecule has 2 aliphatic heterocycles. The molecule has 2 atom stereocenters. The Bertz CT molecular complexity index is 1280. The number of fused-ring (bicyclic) bond motifs is 1. The molecule has 0 bridgehead atoms. The molecule has 4 heterocycles. The predicted octanol–water partition coefficient (Wildman–Crippen LogP) is 2.27. The number of anilines is 1. The Kier molecular flexibility index (Phi) is 5.02. The fraction of sp³-hybridized carbons (Fsp3) is 0.350. The van der Waals surface area contributed by atoms with Gasteiger partial charge in [0.15, 0.2) is 28.6 Å². The standard InChI is InChI=1S/C20H18F3N5O3S/c21-13-9-15-16(10-14(13)22)26-18(11-25-15)27-6-4-20(17(23)12-27)28(7-8-31-20)32(29,30)19-3-1-2-5-24-19/h1-3,5,9-11,17H,4,6-8,12H2. The molecule has 2 saturated heterocycles. The molecule has 168 valence electrons. The van der Waals surface area contributed by atoms with E-state index in [0.717, 1.165) is 16.4 Å². The van der Waals surface area contributed by atoms with Crippen molar-refractivity contribution in [1.82, 2.24) is 19.3 Å². The van der Waals surface area contributed by atoms with Gasteiger partial charge >= 0.3 is 0 Å². The van der Waals surface area contributed by atoms with Gasteiger partial charge in [-0.15, -0.1) is 0 Å². The maximum Gasteiger partial charge on any atom is 0.263 e. The first kappa shape index (κ1) is 21.0. The number of halogens is 3. The minimum Gasteiger partial charge on any atom is -0.355 e. The molecule has 3 aromatic rings. The Morgan fingerprint density at radius 2 is 1.88 bits per heavy atom. The van der Waals surface area contributed by atoms with Crippen LogP contribution in [0.25, 0.3) is 11.0 Å². The van der Waals surface area contributed by atoms with Crippen molar-refractivity contribution in [1.29, 1.82) is 0 Å². The van der Waals surface area contributed by atoms with E-state index in [4.69, 9.17) is 4.74 Å². The monoisotopic (exact) mass is 465 g/mol. The number of nitrogens with zero attached hydrogens (tertiary/aromatic N) is 5. The van der Waals surface area contributed by atoms with Crippen LogP contribution in [0, 0.1) is 11.6 Å². The molecule has 0 saturated carbocycles. The fourth-order valence-electron chi connectivity index (χ4n) is 4.18. The Morgan fingerprint density at radius 1 is 1.09 bits per heavy atom. The van der Waals surface area contributed by atoms with Crippen molar-refractivity contribution in [3.05, 3.63) is 54.4 Å². The molecule has 1 spiro atoms. The summed E-state index contributed by atoms with van der Waals surface area (Å²) in [6.07, 6.45) is 1.05. The molecular formula is C20H18F3N5O3S. The quantitative estimate of drug-likeness (QED) is 0.586. The average Bonchev–Trinajstić information content (AvgIpc) is 3.22. The normalized spacial score (nSPS) is 24.5. The van der Waals surface area contributed by atoms with E-state index >= 15 is 4.39 Å². The SMILES string of the molecule is O=S(=O)(c1ccccn1)N1CCOC12CCN(c1cnc3cc(F)c(F)cc3n1)CC2F. The van der Waals surface area contributed by atoms with E-state index < -0.39 is 33.6 Å². The lowest BCUT2D eigenvalue weighted by Crippen LogP contribution is -2.62. The van der Waals surface area contributed by atoms with Crippen molar-refractivity contribution in [3.63, 3.8) is 0 Å². The number of sulfonamides is 1. The molecule has 32 heavy (non-hydrogen) atoms. The topological polar surface area (TPSA) is 88.5 Å². The molecule has 0 radical (unpaired) electrons. The lowest BCUT2D eigenvalue weighted by atomic mass is 9.98. The summed E-state index contributed by atoms with van der Waals surface area (Å²) in [4.78, 5) is 13.8. The van der Waals surface area contributed by atoms with E-state index in [-0.39, 0.29) is 54.5 Å². The zero-order valence-corrected chi connectivity index (χ0v) is 17.5. The van der Waals surface area contributed by atoms with Crippen molar-refractivity contribution in [3.8, 4) is 0 Å². The molecule has 2 aliphatic rings. The summed E-state index contributed by atoms with van der Waals surface area (Å²) in [5, 5.41) is -0.172. The molecule has 8 nitrogen and oxygen atoms in total. The molecule has 5 rings (SSSR count). The highest BCUT2D eigenvalue weighted by Gasteiger charge is 2.57. The van der Waals surface area contributed by atoms with Gasteiger partial charge in [0.05, 0.1) is 30.4 Å². The van der Waals surface area contributed by atoms with E-state index in [1.54, 1.807) is 17.0 Å². The smallest absolute Gasteiger partial charge is 0.263 e. The second-order valence-electron chi connectivity index (χ2n) is 7.59. The van der Waals surface area contributed by atoms with Gasteiger partial charge in [-0.1, -0.05) is 6.07 Å². The number of alkyl halides is 1. The summed E-state index contributed by atoms with van der Waals surface area (Å²) < 4.78 is 75.5. The first-order chi connectivity index (χ1) is 15.3. The Morgan fingerprint density at radius 3 is 2.59 bits per heavy atom. The number of ether oxygens (including phenoxy) is 1. The predicted molar refractivity (Wildman–Crippen MR) is 108 cm³/mol. The maximum absolute atomic E-state index is 15.6. The summed E-state index contributed by atoms with van der Waals surface area (Å²) >= 11 is 0. The van der Waals surface area contributed by atoms with Crippen LogP contribution in [-0.2, 0) is 14.8 Å². The van der Waals surface area contributed by atoms with E-state index in [9.17, 15) is 17.2 Å². The van der Waals surface area contributed by atoms with E-state index in [0.29, 0.717) is 0 Å². The van der Waals surface area contributed by atoms with E-state index in [1.165, 1.54) is 18.5 Å². The Balaban J connectivity index is 1.42. The second-order valence-corrected chi connectivity index (χ2v) is 9.39. The summed E-state index contributed by atoms with van der Waals surface area (Å²) in [5.74, 6) is -1.81. The van der Waals surface area contributed by atoms with Gasteiger partial charge in [0, 0.05) is 37.8 Å². The zero-order valence-electron chi connectivity index (χ0n) is 16.7. The number of pyridine rings is 1. The largest absolute Gasteiger partial charge is 0.355 e. The summed E-state index contributed by atoms with van der Waals surface area (Å²) in [6.45, 7) is 0.0870. The lowest BCUT2D eigenvalue weighted by Gasteiger charge is -2.45. The van der Waals surface area contributed by atoms with E-state index in [1.807, 2.05) is 0 Å². The van der Waals surface area contributed by atoms with Gasteiger partial charge in [0.2, 0.25) is 0 Å². The molecular weight excluding hydrogens is 447 g/mol. The first-order valence-corrected chi connectivity index (χ1v) is 11.3. The third-order valence-corrected chi connectivity index (χ3v) is 7.61. The third kappa shape index (κ3) is 3.29. The van der Waals surface area contributed by atoms with Gasteiger partial charge < -0.3 is 9.64 Å².